The number of aromatic hydroxyl groups is 1. The molecule has 1 heterocycles. The number of carbonyl (C=O) groups excluding carboxylic acids is 1. The van der Waals surface area contributed by atoms with Gasteiger partial charge < -0.3 is 15.3 Å². The van der Waals surface area contributed by atoms with Gasteiger partial charge in [0.05, 0.1) is 0 Å². The Morgan fingerprint density at radius 2 is 1.76 bits per heavy atom. The highest BCUT2D eigenvalue weighted by molar-refractivity contribution is 5.94. The fourth-order valence-electron chi connectivity index (χ4n) is 4.15. The molecule has 0 bridgehead atoms. The van der Waals surface area contributed by atoms with Gasteiger partial charge in [0.2, 0.25) is 0 Å². The predicted octanol–water partition coefficient (Wildman–Crippen LogP) is 4.66. The lowest BCUT2D eigenvalue weighted by Gasteiger charge is -2.36. The van der Waals surface area contributed by atoms with Crippen molar-refractivity contribution >= 4 is 11.6 Å². The zero-order chi connectivity index (χ0) is 23.2. The second-order valence-electron chi connectivity index (χ2n) is 8.43. The van der Waals surface area contributed by atoms with Gasteiger partial charge in [0.1, 0.15) is 11.6 Å². The largest absolute Gasteiger partial charge is 0.508 e. The zero-order valence-corrected chi connectivity index (χ0v) is 18.9. The molecule has 1 aliphatic heterocycles. The Labute approximate surface area is 194 Å². The number of nitrogens with one attached hydrogen (secondary N) is 1. The van der Waals surface area contributed by atoms with Gasteiger partial charge in [-0.25, -0.2) is 4.39 Å². The number of halogens is 1. The molecule has 4 rings (SSSR count). The van der Waals surface area contributed by atoms with Crippen molar-refractivity contribution in [1.29, 1.82) is 0 Å². The van der Waals surface area contributed by atoms with Gasteiger partial charge >= 0.3 is 0 Å². The first-order chi connectivity index (χ1) is 16.0. The van der Waals surface area contributed by atoms with E-state index in [2.05, 4.69) is 15.1 Å². The number of phenolic OH excluding ortho intramolecular Hbond substituents is 1. The molecule has 3 aromatic carbocycles. The number of benzene rings is 3. The summed E-state index contributed by atoms with van der Waals surface area (Å²) in [7, 11) is 0. The summed E-state index contributed by atoms with van der Waals surface area (Å²) in [6, 6.07) is 19.8. The number of nitrogens with zero attached hydrogens (tertiary/aromatic N) is 2. The SMILES string of the molecule is CCCNC(=O)c1ccc(N2CCN(Cc3ccc(-c4cccc(O)c4)c(F)c3)CC2)cc1. The number of amides is 1. The molecule has 3 aromatic rings. The van der Waals surface area contributed by atoms with Gasteiger partial charge in [0.25, 0.3) is 5.91 Å². The Hall–Kier alpha value is -3.38. The van der Waals surface area contributed by atoms with E-state index in [1.807, 2.05) is 37.3 Å². The quantitative estimate of drug-likeness (QED) is 0.553. The molecule has 172 valence electrons. The van der Waals surface area contributed by atoms with Crippen molar-refractivity contribution < 1.29 is 14.3 Å². The van der Waals surface area contributed by atoms with Crippen LogP contribution >= 0.6 is 0 Å². The summed E-state index contributed by atoms with van der Waals surface area (Å²) in [4.78, 5) is 16.7. The van der Waals surface area contributed by atoms with Gasteiger partial charge in [-0.1, -0.05) is 31.2 Å². The van der Waals surface area contributed by atoms with E-state index in [0.29, 0.717) is 29.8 Å². The van der Waals surface area contributed by atoms with Crippen molar-refractivity contribution in [3.05, 3.63) is 83.7 Å². The molecule has 1 amide bonds. The lowest BCUT2D eigenvalue weighted by Crippen LogP contribution is -2.46. The summed E-state index contributed by atoms with van der Waals surface area (Å²) < 4.78 is 14.7. The summed E-state index contributed by atoms with van der Waals surface area (Å²) in [6.07, 6.45) is 0.919. The average Bonchev–Trinajstić information content (AvgIpc) is 2.83. The fraction of sp³-hybridized carbons (Fsp3) is 0.296. The van der Waals surface area contributed by atoms with Crippen molar-refractivity contribution in [2.45, 2.75) is 19.9 Å². The first-order valence-corrected chi connectivity index (χ1v) is 11.5. The third-order valence-electron chi connectivity index (χ3n) is 6.00. The molecule has 6 heteroatoms. The maximum absolute atomic E-state index is 14.7. The number of carbonyl (C=O) groups is 1. The standard InChI is InChI=1S/C27H30FN3O2/c1-2-12-29-27(33)21-7-9-23(10-8-21)31-15-13-30(14-16-31)19-20-6-11-25(26(28)17-20)22-4-3-5-24(32)18-22/h3-11,17-18,32H,2,12-16,19H2,1H3,(H,29,33). The second-order valence-corrected chi connectivity index (χ2v) is 8.43. The third kappa shape index (κ3) is 5.71. The number of hydrogen-bond acceptors (Lipinski definition) is 4. The van der Waals surface area contributed by atoms with E-state index in [0.717, 1.165) is 43.9 Å². The molecule has 0 aliphatic carbocycles. The van der Waals surface area contributed by atoms with Crippen LogP contribution in [-0.2, 0) is 6.54 Å². The van der Waals surface area contributed by atoms with Crippen molar-refractivity contribution in [3.8, 4) is 16.9 Å². The first-order valence-electron chi connectivity index (χ1n) is 11.5. The highest BCUT2D eigenvalue weighted by Gasteiger charge is 2.18. The minimum absolute atomic E-state index is 0.0319. The number of anilines is 1. The maximum Gasteiger partial charge on any atom is 0.251 e. The van der Waals surface area contributed by atoms with E-state index in [1.165, 1.54) is 0 Å². The van der Waals surface area contributed by atoms with Gasteiger partial charge in [-0.2, -0.15) is 0 Å². The molecule has 0 saturated carbocycles. The fourth-order valence-corrected chi connectivity index (χ4v) is 4.15. The number of rotatable bonds is 7. The first kappa shape index (κ1) is 22.8. The van der Waals surface area contributed by atoms with Crippen LogP contribution < -0.4 is 10.2 Å². The highest BCUT2D eigenvalue weighted by Crippen LogP contribution is 2.27. The summed E-state index contributed by atoms with van der Waals surface area (Å²) in [5, 5.41) is 12.6. The normalized spacial score (nSPS) is 14.3. The monoisotopic (exact) mass is 447 g/mol. The van der Waals surface area contributed by atoms with E-state index in [1.54, 1.807) is 36.4 Å². The van der Waals surface area contributed by atoms with Crippen LogP contribution in [0, 0.1) is 5.82 Å². The molecule has 2 N–H and O–H groups in total. The molecular formula is C27H30FN3O2. The Morgan fingerprint density at radius 3 is 2.42 bits per heavy atom. The number of piperazine rings is 1. The molecule has 0 spiro atoms. The van der Waals surface area contributed by atoms with Crippen LogP contribution in [0.15, 0.2) is 66.7 Å². The van der Waals surface area contributed by atoms with Crippen LogP contribution in [0.4, 0.5) is 10.1 Å². The Bertz CT molecular complexity index is 1090. The van der Waals surface area contributed by atoms with Crippen LogP contribution in [0.3, 0.4) is 0 Å². The summed E-state index contributed by atoms with van der Waals surface area (Å²) >= 11 is 0. The van der Waals surface area contributed by atoms with Gasteiger partial charge in [0.15, 0.2) is 0 Å². The van der Waals surface area contributed by atoms with Crippen molar-refractivity contribution in [2.24, 2.45) is 0 Å². The number of phenols is 1. The topological polar surface area (TPSA) is 55.8 Å². The van der Waals surface area contributed by atoms with Gasteiger partial charge in [-0.05, 0) is 60.0 Å². The zero-order valence-electron chi connectivity index (χ0n) is 18.9. The summed E-state index contributed by atoms with van der Waals surface area (Å²) in [5.41, 5.74) is 3.89. The van der Waals surface area contributed by atoms with Crippen LogP contribution in [-0.4, -0.2) is 48.6 Å². The highest BCUT2D eigenvalue weighted by atomic mass is 19.1. The Balaban J connectivity index is 1.32. The minimum atomic E-state index is -0.278. The van der Waals surface area contributed by atoms with Crippen LogP contribution in [0.2, 0.25) is 0 Å². The van der Waals surface area contributed by atoms with Crippen LogP contribution in [0.5, 0.6) is 5.75 Å². The maximum atomic E-state index is 14.7. The Morgan fingerprint density at radius 1 is 1.00 bits per heavy atom. The minimum Gasteiger partial charge on any atom is -0.508 e. The summed E-state index contributed by atoms with van der Waals surface area (Å²) in [5.74, 6) is -0.182. The lowest BCUT2D eigenvalue weighted by molar-refractivity contribution is 0.0953. The molecule has 5 nitrogen and oxygen atoms in total. The van der Waals surface area contributed by atoms with Gasteiger partial charge in [-0.3, -0.25) is 9.69 Å². The van der Waals surface area contributed by atoms with Gasteiger partial charge in [0, 0.05) is 56.1 Å². The molecule has 0 atom stereocenters. The van der Waals surface area contributed by atoms with Crippen LogP contribution in [0.1, 0.15) is 29.3 Å². The van der Waals surface area contributed by atoms with Crippen molar-refractivity contribution in [3.63, 3.8) is 0 Å². The van der Waals surface area contributed by atoms with E-state index in [4.69, 9.17) is 0 Å². The third-order valence-corrected chi connectivity index (χ3v) is 6.00. The van der Waals surface area contributed by atoms with Crippen molar-refractivity contribution in [2.75, 3.05) is 37.6 Å². The lowest BCUT2D eigenvalue weighted by atomic mass is 10.0. The number of hydrogen-bond donors (Lipinski definition) is 2. The van der Waals surface area contributed by atoms with E-state index < -0.39 is 0 Å². The molecular weight excluding hydrogens is 417 g/mol. The molecule has 0 aromatic heterocycles. The smallest absolute Gasteiger partial charge is 0.251 e. The molecule has 0 radical (unpaired) electrons. The van der Waals surface area contributed by atoms with E-state index >= 15 is 0 Å². The van der Waals surface area contributed by atoms with E-state index in [9.17, 15) is 14.3 Å². The Kier molecular flexibility index (Phi) is 7.25. The molecule has 1 aliphatic rings. The molecule has 33 heavy (non-hydrogen) atoms. The van der Waals surface area contributed by atoms with E-state index in [-0.39, 0.29) is 17.5 Å². The molecule has 1 saturated heterocycles. The average molecular weight is 448 g/mol. The second kappa shape index (κ2) is 10.5. The van der Waals surface area contributed by atoms with Crippen LogP contribution in [0.25, 0.3) is 11.1 Å². The van der Waals surface area contributed by atoms with Gasteiger partial charge in [-0.15, -0.1) is 0 Å². The predicted molar refractivity (Wildman–Crippen MR) is 130 cm³/mol. The van der Waals surface area contributed by atoms with Crippen molar-refractivity contribution in [1.82, 2.24) is 10.2 Å². The summed E-state index contributed by atoms with van der Waals surface area (Å²) in [6.45, 7) is 6.94. The molecule has 1 fully saturated rings. The molecule has 0 unspecified atom stereocenters.